The fraction of sp³-hybridized carbons (Fsp3) is 0.600. The molecule has 1 amide bonds. The first-order valence-corrected chi connectivity index (χ1v) is 9.52. The van der Waals surface area contributed by atoms with E-state index in [1.165, 1.54) is 44.0 Å². The number of imidazole rings is 1. The molecule has 4 rings (SSSR count). The molecule has 2 fully saturated rings. The van der Waals surface area contributed by atoms with E-state index in [9.17, 15) is 4.79 Å². The summed E-state index contributed by atoms with van der Waals surface area (Å²) in [4.78, 5) is 19.4. The van der Waals surface area contributed by atoms with Gasteiger partial charge in [-0.15, -0.1) is 0 Å². The second-order valence-electron chi connectivity index (χ2n) is 7.35. The van der Waals surface area contributed by atoms with Crippen LogP contribution in [0.5, 0.6) is 0 Å². The van der Waals surface area contributed by atoms with Crippen molar-refractivity contribution in [1.29, 1.82) is 0 Å². The lowest BCUT2D eigenvalue weighted by Crippen LogP contribution is -2.27. The van der Waals surface area contributed by atoms with Crippen molar-refractivity contribution in [2.45, 2.75) is 70.4 Å². The third kappa shape index (κ3) is 2.94. The van der Waals surface area contributed by atoms with Gasteiger partial charge in [0.15, 0.2) is 0 Å². The molecule has 2 aromatic rings. The SMILES string of the molecule is CCCCCCn1c(C2CC(=O)N(C3CC3)C2)nc2ccccc21. The molecular formula is C20H27N3O. The lowest BCUT2D eigenvalue weighted by Gasteiger charge is -2.16. The summed E-state index contributed by atoms with van der Waals surface area (Å²) in [6, 6.07) is 8.92. The molecule has 0 spiro atoms. The minimum Gasteiger partial charge on any atom is -0.339 e. The number of likely N-dealkylation sites (tertiary alicyclic amines) is 1. The van der Waals surface area contributed by atoms with Crippen LogP contribution in [-0.2, 0) is 11.3 Å². The topological polar surface area (TPSA) is 38.1 Å². The van der Waals surface area contributed by atoms with Crippen molar-refractivity contribution in [3.63, 3.8) is 0 Å². The smallest absolute Gasteiger partial charge is 0.223 e. The molecule has 0 N–H and O–H groups in total. The first kappa shape index (κ1) is 15.7. The van der Waals surface area contributed by atoms with Gasteiger partial charge < -0.3 is 9.47 Å². The first-order valence-electron chi connectivity index (χ1n) is 9.52. The quantitative estimate of drug-likeness (QED) is 0.719. The van der Waals surface area contributed by atoms with Crippen molar-refractivity contribution in [2.24, 2.45) is 0 Å². The molecule has 4 nitrogen and oxygen atoms in total. The number of hydrogen-bond acceptors (Lipinski definition) is 2. The number of benzene rings is 1. The standard InChI is InChI=1S/C20H27N3O/c1-2-3-4-7-12-22-18-9-6-5-8-17(18)21-20(22)15-13-19(24)23(14-15)16-10-11-16/h5-6,8-9,15-16H,2-4,7,10-14H2,1H3. The molecule has 1 aromatic carbocycles. The Morgan fingerprint density at radius 3 is 2.79 bits per heavy atom. The van der Waals surface area contributed by atoms with Gasteiger partial charge in [-0.3, -0.25) is 4.79 Å². The Kier molecular flexibility index (Phi) is 4.30. The highest BCUT2D eigenvalue weighted by Crippen LogP contribution is 2.37. The monoisotopic (exact) mass is 325 g/mol. The highest BCUT2D eigenvalue weighted by Gasteiger charge is 2.41. The summed E-state index contributed by atoms with van der Waals surface area (Å²) in [6.45, 7) is 4.13. The van der Waals surface area contributed by atoms with Gasteiger partial charge in [0, 0.05) is 31.5 Å². The molecule has 2 heterocycles. The third-order valence-corrected chi connectivity index (χ3v) is 5.43. The normalized spacial score (nSPS) is 21.1. The minimum absolute atomic E-state index is 0.261. The number of hydrogen-bond donors (Lipinski definition) is 0. The number of para-hydroxylation sites is 2. The zero-order valence-electron chi connectivity index (χ0n) is 14.6. The van der Waals surface area contributed by atoms with Crippen molar-refractivity contribution in [3.05, 3.63) is 30.1 Å². The van der Waals surface area contributed by atoms with E-state index in [0.717, 1.165) is 24.4 Å². The van der Waals surface area contributed by atoms with E-state index < -0.39 is 0 Å². The van der Waals surface area contributed by atoms with Gasteiger partial charge in [0.25, 0.3) is 0 Å². The lowest BCUT2D eigenvalue weighted by atomic mass is 10.1. The summed E-state index contributed by atoms with van der Waals surface area (Å²) >= 11 is 0. The van der Waals surface area contributed by atoms with Gasteiger partial charge in [-0.25, -0.2) is 4.98 Å². The van der Waals surface area contributed by atoms with Crippen LogP contribution >= 0.6 is 0 Å². The Balaban J connectivity index is 1.60. The zero-order chi connectivity index (χ0) is 16.5. The second-order valence-corrected chi connectivity index (χ2v) is 7.35. The zero-order valence-corrected chi connectivity index (χ0v) is 14.6. The molecule has 2 aliphatic rings. The average Bonchev–Trinajstić information content (AvgIpc) is 3.26. The van der Waals surface area contributed by atoms with Crippen molar-refractivity contribution in [3.8, 4) is 0 Å². The molecule has 1 saturated heterocycles. The Morgan fingerprint density at radius 1 is 1.17 bits per heavy atom. The Morgan fingerprint density at radius 2 is 2.00 bits per heavy atom. The minimum atomic E-state index is 0.261. The molecule has 0 radical (unpaired) electrons. The maximum absolute atomic E-state index is 12.4. The van der Waals surface area contributed by atoms with Crippen molar-refractivity contribution in [1.82, 2.24) is 14.5 Å². The Bertz CT molecular complexity index is 732. The summed E-state index contributed by atoms with van der Waals surface area (Å²) in [5.41, 5.74) is 2.29. The number of rotatable bonds is 7. The predicted octanol–water partition coefficient (Wildman–Crippen LogP) is 4.09. The van der Waals surface area contributed by atoms with Crippen molar-refractivity contribution >= 4 is 16.9 Å². The molecule has 4 heteroatoms. The number of carbonyl (C=O) groups excluding carboxylic acids is 1. The first-order chi connectivity index (χ1) is 11.8. The average molecular weight is 325 g/mol. The predicted molar refractivity (Wildman–Crippen MR) is 96.0 cm³/mol. The van der Waals surface area contributed by atoms with Gasteiger partial charge in [-0.2, -0.15) is 0 Å². The summed E-state index contributed by atoms with van der Waals surface area (Å²) < 4.78 is 2.39. The van der Waals surface area contributed by atoms with Gasteiger partial charge in [-0.1, -0.05) is 38.3 Å². The van der Waals surface area contributed by atoms with Crippen LogP contribution in [-0.4, -0.2) is 32.9 Å². The Labute approximate surface area is 143 Å². The molecule has 1 aliphatic heterocycles. The van der Waals surface area contributed by atoms with Crippen LogP contribution in [0.3, 0.4) is 0 Å². The molecule has 1 unspecified atom stereocenters. The highest BCUT2D eigenvalue weighted by molar-refractivity contribution is 5.81. The van der Waals surface area contributed by atoms with Crippen LogP contribution in [0.2, 0.25) is 0 Å². The number of nitrogens with zero attached hydrogens (tertiary/aromatic N) is 3. The second kappa shape index (κ2) is 6.58. The Hall–Kier alpha value is -1.84. The van der Waals surface area contributed by atoms with Crippen LogP contribution in [0.25, 0.3) is 11.0 Å². The van der Waals surface area contributed by atoms with Crippen LogP contribution < -0.4 is 0 Å². The summed E-state index contributed by atoms with van der Waals surface area (Å²) in [7, 11) is 0. The van der Waals surface area contributed by atoms with Crippen LogP contribution in [0.1, 0.15) is 63.6 Å². The fourth-order valence-electron chi connectivity index (χ4n) is 3.98. The molecule has 1 aromatic heterocycles. The number of amides is 1. The van der Waals surface area contributed by atoms with E-state index in [2.05, 4.69) is 40.7 Å². The van der Waals surface area contributed by atoms with Crippen molar-refractivity contribution in [2.75, 3.05) is 6.54 Å². The van der Waals surface area contributed by atoms with E-state index in [4.69, 9.17) is 4.98 Å². The molecule has 1 atom stereocenters. The van der Waals surface area contributed by atoms with Crippen LogP contribution in [0.15, 0.2) is 24.3 Å². The number of aryl methyl sites for hydroxylation is 1. The van der Waals surface area contributed by atoms with Gasteiger partial charge in [0.2, 0.25) is 5.91 Å². The lowest BCUT2D eigenvalue weighted by molar-refractivity contribution is -0.128. The number of unbranched alkanes of at least 4 members (excludes halogenated alkanes) is 3. The van der Waals surface area contributed by atoms with Gasteiger partial charge in [0.05, 0.1) is 11.0 Å². The molecule has 128 valence electrons. The number of aromatic nitrogens is 2. The van der Waals surface area contributed by atoms with E-state index >= 15 is 0 Å². The number of carbonyl (C=O) groups is 1. The van der Waals surface area contributed by atoms with Crippen LogP contribution in [0, 0.1) is 0 Å². The van der Waals surface area contributed by atoms with Gasteiger partial charge in [-0.05, 0) is 31.4 Å². The maximum atomic E-state index is 12.4. The molecule has 1 aliphatic carbocycles. The number of fused-ring (bicyclic) bond motifs is 1. The highest BCUT2D eigenvalue weighted by atomic mass is 16.2. The van der Waals surface area contributed by atoms with Crippen LogP contribution in [0.4, 0.5) is 0 Å². The molecule has 1 saturated carbocycles. The third-order valence-electron chi connectivity index (χ3n) is 5.43. The fourth-order valence-corrected chi connectivity index (χ4v) is 3.98. The summed E-state index contributed by atoms with van der Waals surface area (Å²) in [5, 5.41) is 0. The molecule has 24 heavy (non-hydrogen) atoms. The summed E-state index contributed by atoms with van der Waals surface area (Å²) in [6.07, 6.45) is 8.01. The van der Waals surface area contributed by atoms with E-state index in [0.29, 0.717) is 18.4 Å². The van der Waals surface area contributed by atoms with Gasteiger partial charge in [0.1, 0.15) is 5.82 Å². The molecular weight excluding hydrogens is 298 g/mol. The van der Waals surface area contributed by atoms with E-state index in [1.807, 2.05) is 0 Å². The van der Waals surface area contributed by atoms with E-state index in [1.54, 1.807) is 0 Å². The van der Waals surface area contributed by atoms with Gasteiger partial charge >= 0.3 is 0 Å². The summed E-state index contributed by atoms with van der Waals surface area (Å²) in [5.74, 6) is 1.72. The van der Waals surface area contributed by atoms with Crippen molar-refractivity contribution < 1.29 is 4.79 Å². The largest absolute Gasteiger partial charge is 0.339 e. The maximum Gasteiger partial charge on any atom is 0.223 e. The molecule has 0 bridgehead atoms. The van der Waals surface area contributed by atoms with E-state index in [-0.39, 0.29) is 5.92 Å².